The summed E-state index contributed by atoms with van der Waals surface area (Å²) in [7, 11) is 0. The molecule has 5 rings (SSSR count). The Hall–Kier alpha value is -4.00. The number of halogens is 1. The summed E-state index contributed by atoms with van der Waals surface area (Å²) in [6, 6.07) is 23.3. The maximum Gasteiger partial charge on any atom is 0.258 e. The first kappa shape index (κ1) is 20.9. The summed E-state index contributed by atoms with van der Waals surface area (Å²) in [5.41, 5.74) is 2.37. The van der Waals surface area contributed by atoms with Crippen molar-refractivity contribution >= 4 is 5.91 Å². The van der Waals surface area contributed by atoms with E-state index < -0.39 is 0 Å². The van der Waals surface area contributed by atoms with E-state index in [1.54, 1.807) is 17.0 Å². The zero-order chi connectivity index (χ0) is 22.6. The van der Waals surface area contributed by atoms with Gasteiger partial charge in [0.05, 0.1) is 13.0 Å². The molecule has 1 aromatic heterocycles. The fourth-order valence-electron chi connectivity index (χ4n) is 3.90. The lowest BCUT2D eigenvalue weighted by atomic mass is 10.1. The first-order valence-electron chi connectivity index (χ1n) is 10.8. The van der Waals surface area contributed by atoms with Gasteiger partial charge in [-0.05, 0) is 54.1 Å². The minimum Gasteiger partial charge on any atom is -0.489 e. The number of hydrogen-bond acceptors (Lipinski definition) is 5. The number of carbonyl (C=O) groups is 1. The van der Waals surface area contributed by atoms with E-state index in [1.807, 2.05) is 54.6 Å². The van der Waals surface area contributed by atoms with Crippen LogP contribution in [-0.2, 0) is 11.2 Å². The van der Waals surface area contributed by atoms with Crippen LogP contribution in [0.25, 0.3) is 22.8 Å². The van der Waals surface area contributed by atoms with Gasteiger partial charge in [0, 0.05) is 24.1 Å². The van der Waals surface area contributed by atoms with Crippen molar-refractivity contribution in [3.8, 4) is 28.6 Å². The van der Waals surface area contributed by atoms with Crippen molar-refractivity contribution in [2.45, 2.75) is 18.9 Å². The number of hydrogen-bond donors (Lipinski definition) is 0. The van der Waals surface area contributed by atoms with E-state index in [1.165, 1.54) is 12.1 Å². The Balaban J connectivity index is 1.17. The highest BCUT2D eigenvalue weighted by Crippen LogP contribution is 2.25. The van der Waals surface area contributed by atoms with Gasteiger partial charge < -0.3 is 14.2 Å². The van der Waals surface area contributed by atoms with Gasteiger partial charge in [-0.3, -0.25) is 4.79 Å². The molecule has 1 amide bonds. The molecule has 0 N–H and O–H groups in total. The van der Waals surface area contributed by atoms with Crippen molar-refractivity contribution in [3.63, 3.8) is 0 Å². The molecule has 0 radical (unpaired) electrons. The third kappa shape index (κ3) is 4.92. The fourth-order valence-corrected chi connectivity index (χ4v) is 3.90. The highest BCUT2D eigenvalue weighted by atomic mass is 19.1. The van der Waals surface area contributed by atoms with Gasteiger partial charge in [-0.25, -0.2) is 4.39 Å². The first-order valence-corrected chi connectivity index (χ1v) is 10.8. The molecule has 33 heavy (non-hydrogen) atoms. The molecular formula is C26H22FN3O3. The van der Waals surface area contributed by atoms with Crippen molar-refractivity contribution in [1.82, 2.24) is 15.0 Å². The van der Waals surface area contributed by atoms with Crippen LogP contribution in [0.2, 0.25) is 0 Å². The minimum atomic E-state index is -0.330. The summed E-state index contributed by atoms with van der Waals surface area (Å²) in [6.07, 6.45) is 0.860. The molecule has 1 saturated heterocycles. The summed E-state index contributed by atoms with van der Waals surface area (Å²) in [6.45, 7) is 1.14. The van der Waals surface area contributed by atoms with Crippen LogP contribution in [0.5, 0.6) is 5.75 Å². The Kier molecular flexibility index (Phi) is 5.85. The number of rotatable bonds is 6. The van der Waals surface area contributed by atoms with Crippen LogP contribution in [0.1, 0.15) is 12.0 Å². The monoisotopic (exact) mass is 443 g/mol. The summed E-state index contributed by atoms with van der Waals surface area (Å²) in [5, 5.41) is 4.07. The van der Waals surface area contributed by atoms with E-state index >= 15 is 0 Å². The number of amides is 1. The number of benzene rings is 3. The lowest BCUT2D eigenvalue weighted by molar-refractivity contribution is -0.129. The summed E-state index contributed by atoms with van der Waals surface area (Å²) in [5.74, 6) is 1.35. The second kappa shape index (κ2) is 9.24. The number of aromatic nitrogens is 2. The molecule has 6 nitrogen and oxygen atoms in total. The molecule has 0 bridgehead atoms. The molecule has 4 aromatic rings. The van der Waals surface area contributed by atoms with Gasteiger partial charge in [0.1, 0.15) is 17.7 Å². The molecule has 1 unspecified atom stereocenters. The van der Waals surface area contributed by atoms with Crippen LogP contribution in [0.3, 0.4) is 0 Å². The molecule has 0 saturated carbocycles. The van der Waals surface area contributed by atoms with Gasteiger partial charge in [-0.1, -0.05) is 35.5 Å². The number of nitrogens with zero attached hydrogens (tertiary/aromatic N) is 3. The summed E-state index contributed by atoms with van der Waals surface area (Å²) < 4.78 is 24.8. The van der Waals surface area contributed by atoms with E-state index in [4.69, 9.17) is 9.26 Å². The van der Waals surface area contributed by atoms with Crippen LogP contribution >= 0.6 is 0 Å². The van der Waals surface area contributed by atoms with Crippen LogP contribution < -0.4 is 4.74 Å². The Morgan fingerprint density at radius 3 is 2.64 bits per heavy atom. The Bertz CT molecular complexity index is 1240. The molecular weight excluding hydrogens is 421 g/mol. The molecule has 1 atom stereocenters. The number of carbonyl (C=O) groups excluding carboxylic acids is 1. The predicted molar refractivity (Wildman–Crippen MR) is 121 cm³/mol. The highest BCUT2D eigenvalue weighted by molar-refractivity contribution is 5.79. The zero-order valence-corrected chi connectivity index (χ0v) is 17.9. The van der Waals surface area contributed by atoms with E-state index in [0.717, 1.165) is 23.3 Å². The molecule has 3 aromatic carbocycles. The van der Waals surface area contributed by atoms with Crippen molar-refractivity contribution in [1.29, 1.82) is 0 Å². The van der Waals surface area contributed by atoms with Gasteiger partial charge in [0.25, 0.3) is 5.89 Å². The SMILES string of the molecule is O=C(Cc1cccc(F)c1)N1CCC(Oc2ccc(-c3noc(-c4ccccc4)n3)cc2)C1. The maximum atomic E-state index is 13.4. The van der Waals surface area contributed by atoms with Gasteiger partial charge in [-0.2, -0.15) is 4.98 Å². The van der Waals surface area contributed by atoms with Gasteiger partial charge in [0.15, 0.2) is 0 Å². The highest BCUT2D eigenvalue weighted by Gasteiger charge is 2.27. The largest absolute Gasteiger partial charge is 0.489 e. The van der Waals surface area contributed by atoms with Crippen LogP contribution in [-0.4, -0.2) is 40.1 Å². The quantitative estimate of drug-likeness (QED) is 0.430. The molecule has 2 heterocycles. The smallest absolute Gasteiger partial charge is 0.258 e. The third-order valence-electron chi connectivity index (χ3n) is 5.60. The predicted octanol–water partition coefficient (Wildman–Crippen LogP) is 4.77. The standard InChI is InChI=1S/C26H22FN3O3/c27-21-8-4-5-18(15-21)16-24(31)30-14-13-23(17-30)32-22-11-9-19(10-12-22)25-28-26(33-29-25)20-6-2-1-3-7-20/h1-12,15,23H,13-14,16-17H2. The average Bonchev–Trinajstić information content (AvgIpc) is 3.51. The lowest BCUT2D eigenvalue weighted by Crippen LogP contribution is -2.32. The fraction of sp³-hybridized carbons (Fsp3) is 0.192. The Morgan fingerprint density at radius 2 is 1.85 bits per heavy atom. The maximum absolute atomic E-state index is 13.4. The Morgan fingerprint density at radius 1 is 1.03 bits per heavy atom. The Labute approximate surface area is 190 Å². The minimum absolute atomic E-state index is 0.0200. The molecule has 166 valence electrons. The molecule has 1 fully saturated rings. The number of likely N-dealkylation sites (tertiary alicyclic amines) is 1. The molecule has 7 heteroatoms. The van der Waals surface area contributed by atoms with Gasteiger partial charge in [0.2, 0.25) is 11.7 Å². The second-order valence-electron chi connectivity index (χ2n) is 7.99. The summed E-state index contributed by atoms with van der Waals surface area (Å²) >= 11 is 0. The van der Waals surface area contributed by atoms with E-state index in [-0.39, 0.29) is 24.2 Å². The van der Waals surface area contributed by atoms with Crippen molar-refractivity contribution < 1.29 is 18.4 Å². The van der Waals surface area contributed by atoms with Gasteiger partial charge >= 0.3 is 0 Å². The second-order valence-corrected chi connectivity index (χ2v) is 7.99. The third-order valence-corrected chi connectivity index (χ3v) is 5.60. The van der Waals surface area contributed by atoms with Crippen molar-refractivity contribution in [2.24, 2.45) is 0 Å². The van der Waals surface area contributed by atoms with E-state index in [2.05, 4.69) is 10.1 Å². The van der Waals surface area contributed by atoms with E-state index in [9.17, 15) is 9.18 Å². The topological polar surface area (TPSA) is 68.5 Å². The zero-order valence-electron chi connectivity index (χ0n) is 17.9. The van der Waals surface area contributed by atoms with Crippen molar-refractivity contribution in [2.75, 3.05) is 13.1 Å². The lowest BCUT2D eigenvalue weighted by Gasteiger charge is -2.17. The number of ether oxygens (including phenoxy) is 1. The molecule has 0 aliphatic carbocycles. The molecule has 1 aliphatic heterocycles. The normalized spacial score (nSPS) is 15.5. The molecule has 1 aliphatic rings. The molecule has 0 spiro atoms. The summed E-state index contributed by atoms with van der Waals surface area (Å²) in [4.78, 5) is 18.8. The first-order chi connectivity index (χ1) is 16.1. The van der Waals surface area contributed by atoms with Crippen LogP contribution in [0.15, 0.2) is 83.4 Å². The van der Waals surface area contributed by atoms with Gasteiger partial charge in [-0.15, -0.1) is 0 Å². The van der Waals surface area contributed by atoms with Crippen LogP contribution in [0, 0.1) is 5.82 Å². The average molecular weight is 443 g/mol. The van der Waals surface area contributed by atoms with Crippen LogP contribution in [0.4, 0.5) is 4.39 Å². The van der Waals surface area contributed by atoms with E-state index in [0.29, 0.717) is 30.4 Å². The van der Waals surface area contributed by atoms with Crippen molar-refractivity contribution in [3.05, 3.63) is 90.2 Å².